The number of nitrogens with zero attached hydrogens (tertiary/aromatic N) is 2. The molecule has 0 radical (unpaired) electrons. The van der Waals surface area contributed by atoms with E-state index >= 15 is 0 Å². The Labute approximate surface area is 192 Å². The zero-order valence-corrected chi connectivity index (χ0v) is 19.6. The van der Waals surface area contributed by atoms with Gasteiger partial charge in [0.25, 0.3) is 11.5 Å². The van der Waals surface area contributed by atoms with Gasteiger partial charge in [-0.15, -0.1) is 0 Å². The number of benzene rings is 1. The lowest BCUT2D eigenvalue weighted by Gasteiger charge is -2.24. The van der Waals surface area contributed by atoms with Gasteiger partial charge in [0, 0.05) is 20.2 Å². The van der Waals surface area contributed by atoms with E-state index in [1.54, 1.807) is 12.1 Å². The van der Waals surface area contributed by atoms with Crippen molar-refractivity contribution in [3.05, 3.63) is 50.7 Å². The third-order valence-electron chi connectivity index (χ3n) is 4.94. The summed E-state index contributed by atoms with van der Waals surface area (Å²) in [5.41, 5.74) is 5.63. The maximum atomic E-state index is 13.1. The van der Waals surface area contributed by atoms with E-state index in [-0.39, 0.29) is 31.3 Å². The van der Waals surface area contributed by atoms with Crippen molar-refractivity contribution in [1.29, 1.82) is 0 Å². The van der Waals surface area contributed by atoms with E-state index in [1.165, 1.54) is 23.7 Å². The molecule has 10 nitrogen and oxygen atoms in total. The van der Waals surface area contributed by atoms with Gasteiger partial charge < -0.3 is 19.9 Å². The Morgan fingerprint density at radius 1 is 1.24 bits per heavy atom. The average molecular weight is 461 g/mol. The van der Waals surface area contributed by atoms with Crippen LogP contribution in [-0.2, 0) is 16.1 Å². The number of rotatable bonds is 12. The molecule has 0 spiro atoms. The molecule has 0 saturated carbocycles. The van der Waals surface area contributed by atoms with Crippen LogP contribution >= 0.6 is 0 Å². The fourth-order valence-corrected chi connectivity index (χ4v) is 3.24. The van der Waals surface area contributed by atoms with Gasteiger partial charge in [-0.25, -0.2) is 4.79 Å². The molecule has 10 heteroatoms. The number of carbonyl (C=O) groups excluding carboxylic acids is 1. The normalized spacial score (nSPS) is 11.0. The minimum atomic E-state index is -0.747. The molecule has 33 heavy (non-hydrogen) atoms. The van der Waals surface area contributed by atoms with Crippen LogP contribution in [0.25, 0.3) is 6.08 Å². The minimum Gasteiger partial charge on any atom is -0.493 e. The third-order valence-corrected chi connectivity index (χ3v) is 4.94. The number of hydrogen-bond acceptors (Lipinski definition) is 7. The largest absolute Gasteiger partial charge is 0.493 e. The van der Waals surface area contributed by atoms with Crippen molar-refractivity contribution >= 4 is 23.5 Å². The molecule has 1 heterocycles. The van der Waals surface area contributed by atoms with Crippen LogP contribution in [0.2, 0.25) is 0 Å². The molecule has 0 fully saturated rings. The number of allylic oxidation sites excluding steroid dienone is 1. The molecule has 0 bridgehead atoms. The van der Waals surface area contributed by atoms with Gasteiger partial charge in [-0.05, 0) is 31.0 Å². The first-order chi connectivity index (χ1) is 15.9. The number of nitrogens with one attached hydrogen (secondary N) is 1. The van der Waals surface area contributed by atoms with Crippen LogP contribution in [-0.4, -0.2) is 49.4 Å². The van der Waals surface area contributed by atoms with Gasteiger partial charge in [0.05, 0.1) is 13.7 Å². The number of nitrogen functional groups attached to an aromatic ring is 1. The van der Waals surface area contributed by atoms with Crippen molar-refractivity contribution in [2.24, 2.45) is 0 Å². The fourth-order valence-electron chi connectivity index (χ4n) is 3.24. The summed E-state index contributed by atoms with van der Waals surface area (Å²) in [5.74, 6) is 0.243. The second-order valence-corrected chi connectivity index (χ2v) is 7.24. The Kier molecular flexibility index (Phi) is 9.74. The van der Waals surface area contributed by atoms with E-state index in [2.05, 4.69) is 4.98 Å². The summed E-state index contributed by atoms with van der Waals surface area (Å²) in [6.45, 7) is 4.02. The zero-order valence-electron chi connectivity index (χ0n) is 19.6. The Morgan fingerprint density at radius 2 is 2.00 bits per heavy atom. The fraction of sp³-hybridized carbons (Fsp3) is 0.435. The van der Waals surface area contributed by atoms with Crippen molar-refractivity contribution in [2.45, 2.75) is 33.2 Å². The second kappa shape index (κ2) is 12.5. The highest BCUT2D eigenvalue weighted by Gasteiger charge is 2.25. The molecular weight excluding hydrogens is 428 g/mol. The number of ether oxygens (including phenoxy) is 3. The highest BCUT2D eigenvalue weighted by atomic mass is 16.5. The molecule has 0 aliphatic carbocycles. The van der Waals surface area contributed by atoms with Crippen molar-refractivity contribution in [3.8, 4) is 11.5 Å². The molecule has 180 valence electrons. The van der Waals surface area contributed by atoms with Crippen LogP contribution in [0.1, 0.15) is 32.3 Å². The predicted octanol–water partition coefficient (Wildman–Crippen LogP) is 2.02. The molecule has 2 aromatic rings. The number of aromatic amines is 1. The Morgan fingerprint density at radius 3 is 2.64 bits per heavy atom. The van der Waals surface area contributed by atoms with Crippen LogP contribution in [0.4, 0.5) is 11.5 Å². The minimum absolute atomic E-state index is 0.0509. The van der Waals surface area contributed by atoms with E-state index in [4.69, 9.17) is 19.9 Å². The van der Waals surface area contributed by atoms with Crippen LogP contribution < -0.4 is 31.4 Å². The van der Waals surface area contributed by atoms with Gasteiger partial charge in [-0.3, -0.25) is 24.0 Å². The highest BCUT2D eigenvalue weighted by Crippen LogP contribution is 2.29. The molecule has 0 saturated heterocycles. The topological polar surface area (TPSA) is 129 Å². The number of amides is 1. The average Bonchev–Trinajstić information content (AvgIpc) is 2.79. The monoisotopic (exact) mass is 460 g/mol. The van der Waals surface area contributed by atoms with Crippen LogP contribution in [0.3, 0.4) is 0 Å². The molecule has 1 aromatic carbocycles. The van der Waals surface area contributed by atoms with Crippen LogP contribution in [0, 0.1) is 0 Å². The summed E-state index contributed by atoms with van der Waals surface area (Å²) in [6, 6.07) is 5.32. The smallest absolute Gasteiger partial charge is 0.330 e. The molecule has 1 amide bonds. The highest BCUT2D eigenvalue weighted by molar-refractivity contribution is 5.96. The third kappa shape index (κ3) is 6.48. The van der Waals surface area contributed by atoms with Crippen molar-refractivity contribution in [1.82, 2.24) is 9.55 Å². The molecule has 0 aliphatic rings. The summed E-state index contributed by atoms with van der Waals surface area (Å²) < 4.78 is 17.4. The van der Waals surface area contributed by atoms with Crippen molar-refractivity contribution in [2.75, 3.05) is 44.6 Å². The van der Waals surface area contributed by atoms with Gasteiger partial charge in [-0.1, -0.05) is 31.6 Å². The van der Waals surface area contributed by atoms with Crippen LogP contribution in [0.15, 0.2) is 33.9 Å². The summed E-state index contributed by atoms with van der Waals surface area (Å²) in [4.78, 5) is 41.4. The lowest BCUT2D eigenvalue weighted by molar-refractivity contribution is -0.120. The predicted molar refractivity (Wildman–Crippen MR) is 128 cm³/mol. The van der Waals surface area contributed by atoms with Gasteiger partial charge >= 0.3 is 5.69 Å². The standard InChI is InChI=1S/C23H32N4O6/c1-5-7-11-27-21(24)20(22(29)25-23(27)30)26(12-13-31-3)19(28)15-33-17-10-9-16(8-6-2)14-18(17)32-4/h6,8-10,14H,5,7,11-13,15,24H2,1-4H3,(H,25,29,30)/b8-6+. The maximum Gasteiger partial charge on any atom is 0.330 e. The first kappa shape index (κ1) is 25.7. The number of anilines is 2. The number of unbranched alkanes of at least 4 members (excludes halogenated alkanes) is 1. The summed E-state index contributed by atoms with van der Waals surface area (Å²) in [6.07, 6.45) is 5.32. The Bertz CT molecular complexity index is 1090. The van der Waals surface area contributed by atoms with Crippen molar-refractivity contribution in [3.63, 3.8) is 0 Å². The van der Waals surface area contributed by atoms with E-state index in [9.17, 15) is 14.4 Å². The first-order valence-electron chi connectivity index (χ1n) is 10.7. The van der Waals surface area contributed by atoms with Crippen molar-refractivity contribution < 1.29 is 19.0 Å². The van der Waals surface area contributed by atoms with Gasteiger partial charge in [0.15, 0.2) is 23.8 Å². The Hall–Kier alpha value is -3.53. The van der Waals surface area contributed by atoms with E-state index in [1.807, 2.05) is 32.1 Å². The van der Waals surface area contributed by atoms with Gasteiger partial charge in [-0.2, -0.15) is 0 Å². The number of nitrogens with two attached hydrogens (primary N) is 1. The quantitative estimate of drug-likeness (QED) is 0.496. The summed E-state index contributed by atoms with van der Waals surface area (Å²) in [5, 5.41) is 0. The van der Waals surface area contributed by atoms with Crippen LogP contribution in [0.5, 0.6) is 11.5 Å². The van der Waals surface area contributed by atoms with E-state index in [0.717, 1.165) is 12.0 Å². The Balaban J connectivity index is 2.35. The molecule has 0 atom stereocenters. The number of H-pyrrole nitrogens is 1. The van der Waals surface area contributed by atoms with Gasteiger partial charge in [0.1, 0.15) is 5.82 Å². The first-order valence-corrected chi connectivity index (χ1v) is 10.7. The number of carbonyl (C=O) groups is 1. The second-order valence-electron chi connectivity index (χ2n) is 7.24. The summed E-state index contributed by atoms with van der Waals surface area (Å²) >= 11 is 0. The number of aromatic nitrogens is 2. The number of methoxy groups -OCH3 is 2. The molecule has 3 N–H and O–H groups in total. The molecule has 1 aromatic heterocycles. The lowest BCUT2D eigenvalue weighted by Crippen LogP contribution is -2.44. The molecule has 0 unspecified atom stereocenters. The summed E-state index contributed by atoms with van der Waals surface area (Å²) in [7, 11) is 2.99. The maximum absolute atomic E-state index is 13.1. The molecule has 0 aliphatic heterocycles. The zero-order chi connectivity index (χ0) is 24.4. The van der Waals surface area contributed by atoms with E-state index in [0.29, 0.717) is 24.5 Å². The molecule has 2 rings (SSSR count). The number of hydrogen-bond donors (Lipinski definition) is 2. The SMILES string of the molecule is C/C=C/c1ccc(OCC(=O)N(CCOC)c2c(N)n(CCCC)c(=O)[nH]c2=O)c(OC)c1. The van der Waals surface area contributed by atoms with Gasteiger partial charge in [0.2, 0.25) is 0 Å². The molecular formula is C23H32N4O6. The lowest BCUT2D eigenvalue weighted by atomic mass is 10.2. The van der Waals surface area contributed by atoms with E-state index < -0.39 is 17.2 Å².